The molecule has 0 saturated carbocycles. The lowest BCUT2D eigenvalue weighted by Crippen LogP contribution is -2.41. The average molecular weight is 327 g/mol. The molecule has 7 heteroatoms. The topological polar surface area (TPSA) is 57.6 Å². The molecule has 0 aliphatic carbocycles. The fourth-order valence-electron chi connectivity index (χ4n) is 2.54. The number of hydrogen-bond donors (Lipinski definition) is 1. The predicted molar refractivity (Wildman–Crippen MR) is 77.4 cm³/mol. The van der Waals surface area contributed by atoms with Gasteiger partial charge in [0.25, 0.3) is 0 Å². The molecule has 1 atom stereocenters. The number of carboxylic acids is 1. The highest BCUT2D eigenvalue weighted by Crippen LogP contribution is 2.34. The number of amides is 1. The Bertz CT molecular complexity index is 611. The monoisotopic (exact) mass is 327 g/mol. The first-order valence-electron chi connectivity index (χ1n) is 7.15. The average Bonchev–Trinajstić information content (AvgIpc) is 2.52. The Kier molecular flexibility index (Phi) is 5.08. The molecule has 1 saturated heterocycles. The minimum Gasteiger partial charge on any atom is -0.481 e. The van der Waals surface area contributed by atoms with Gasteiger partial charge in [-0.05, 0) is 18.4 Å². The zero-order valence-electron chi connectivity index (χ0n) is 12.2. The maximum Gasteiger partial charge on any atom is 0.417 e. The van der Waals surface area contributed by atoms with Crippen molar-refractivity contribution >= 4 is 17.4 Å². The van der Waals surface area contributed by atoms with Gasteiger partial charge in [0.15, 0.2) is 0 Å². The molecule has 1 aliphatic rings. The van der Waals surface area contributed by atoms with E-state index in [9.17, 15) is 22.8 Å². The molecule has 1 aromatic carbocycles. The van der Waals surface area contributed by atoms with Crippen LogP contribution >= 0.6 is 0 Å². The molecular formula is C16H16F3NO3. The molecule has 1 N–H and O–H groups in total. The van der Waals surface area contributed by atoms with Gasteiger partial charge in [0.1, 0.15) is 0 Å². The molecule has 1 heterocycles. The minimum atomic E-state index is -4.67. The van der Waals surface area contributed by atoms with Gasteiger partial charge in [-0.2, -0.15) is 13.2 Å². The van der Waals surface area contributed by atoms with Crippen molar-refractivity contribution in [3.63, 3.8) is 0 Å². The fraction of sp³-hybridized carbons (Fsp3) is 0.375. The summed E-state index contributed by atoms with van der Waals surface area (Å²) in [5, 5.41) is 8.99. The molecule has 1 amide bonds. The molecule has 1 aromatic rings. The molecule has 2 rings (SSSR count). The summed E-state index contributed by atoms with van der Waals surface area (Å²) in [5.41, 5.74) is -1.12. The Morgan fingerprint density at radius 2 is 1.87 bits per heavy atom. The van der Waals surface area contributed by atoms with Crippen LogP contribution in [0.25, 0.3) is 5.57 Å². The van der Waals surface area contributed by atoms with Crippen LogP contribution in [0.2, 0.25) is 0 Å². The number of halogens is 3. The number of piperidine rings is 1. The van der Waals surface area contributed by atoms with Crippen LogP contribution in [0.15, 0.2) is 36.4 Å². The number of carbonyl (C=O) groups is 2. The van der Waals surface area contributed by atoms with Crippen molar-refractivity contribution in [2.45, 2.75) is 19.0 Å². The van der Waals surface area contributed by atoms with E-state index in [-0.39, 0.29) is 18.7 Å². The summed E-state index contributed by atoms with van der Waals surface area (Å²) in [6, 6.07) is 7.06. The zero-order chi connectivity index (χ0) is 17.0. The lowest BCUT2D eigenvalue weighted by molar-refractivity contribution is -0.144. The van der Waals surface area contributed by atoms with Crippen LogP contribution in [0.3, 0.4) is 0 Å². The summed E-state index contributed by atoms with van der Waals surface area (Å²) in [7, 11) is 0. The second-order valence-corrected chi connectivity index (χ2v) is 5.38. The van der Waals surface area contributed by atoms with Gasteiger partial charge in [0, 0.05) is 19.2 Å². The molecule has 1 aliphatic heterocycles. The van der Waals surface area contributed by atoms with Crippen molar-refractivity contribution in [3.05, 3.63) is 42.0 Å². The third-order valence-corrected chi connectivity index (χ3v) is 3.74. The molecule has 23 heavy (non-hydrogen) atoms. The van der Waals surface area contributed by atoms with E-state index in [1.54, 1.807) is 6.07 Å². The van der Waals surface area contributed by atoms with Gasteiger partial charge in [0.05, 0.1) is 11.5 Å². The van der Waals surface area contributed by atoms with E-state index in [1.165, 1.54) is 24.3 Å². The van der Waals surface area contributed by atoms with Crippen molar-refractivity contribution < 1.29 is 27.9 Å². The lowest BCUT2D eigenvalue weighted by atomic mass is 9.98. The van der Waals surface area contributed by atoms with Crippen molar-refractivity contribution in [2.75, 3.05) is 13.1 Å². The second-order valence-electron chi connectivity index (χ2n) is 5.38. The summed E-state index contributed by atoms with van der Waals surface area (Å²) in [6.45, 7) is 0.198. The summed E-state index contributed by atoms with van der Waals surface area (Å²) in [6.07, 6.45) is -3.23. The number of carboxylic acid groups (broad SMARTS) is 1. The molecule has 0 aromatic heterocycles. The number of benzene rings is 1. The van der Waals surface area contributed by atoms with Crippen molar-refractivity contribution in [2.24, 2.45) is 5.92 Å². The number of allylic oxidation sites excluding steroid dienone is 1. The van der Waals surface area contributed by atoms with E-state index in [2.05, 4.69) is 0 Å². The molecule has 0 bridgehead atoms. The Labute approximate surface area is 131 Å². The number of hydrogen-bond acceptors (Lipinski definition) is 2. The first-order chi connectivity index (χ1) is 10.8. The van der Waals surface area contributed by atoms with Crippen LogP contribution in [0.4, 0.5) is 13.2 Å². The smallest absolute Gasteiger partial charge is 0.417 e. The SMILES string of the molecule is O=C(O)C1CCCN(C(=O)C=C(c2ccccc2)C(F)(F)F)C1. The van der Waals surface area contributed by atoms with Gasteiger partial charge in [-0.1, -0.05) is 30.3 Å². The van der Waals surface area contributed by atoms with E-state index in [0.29, 0.717) is 18.9 Å². The van der Waals surface area contributed by atoms with Gasteiger partial charge in [-0.25, -0.2) is 0 Å². The largest absolute Gasteiger partial charge is 0.481 e. The quantitative estimate of drug-likeness (QED) is 0.869. The highest BCUT2D eigenvalue weighted by molar-refractivity contribution is 5.96. The Morgan fingerprint density at radius 1 is 1.22 bits per heavy atom. The number of nitrogens with zero attached hydrogens (tertiary/aromatic N) is 1. The first kappa shape index (κ1) is 17.1. The number of rotatable bonds is 3. The van der Waals surface area contributed by atoms with Crippen LogP contribution in [-0.4, -0.2) is 41.1 Å². The molecule has 0 radical (unpaired) electrons. The van der Waals surface area contributed by atoms with Crippen molar-refractivity contribution in [3.8, 4) is 0 Å². The standard InChI is InChI=1S/C16H16F3NO3/c17-16(18,19)13(11-5-2-1-3-6-11)9-14(21)20-8-4-7-12(10-20)15(22)23/h1-3,5-6,9,12H,4,7-8,10H2,(H,22,23). The minimum absolute atomic E-state index is 0.0649. The van der Waals surface area contributed by atoms with Crippen molar-refractivity contribution in [1.82, 2.24) is 4.90 Å². The van der Waals surface area contributed by atoms with E-state index >= 15 is 0 Å². The maximum atomic E-state index is 13.2. The van der Waals surface area contributed by atoms with Crippen LogP contribution in [0, 0.1) is 5.92 Å². The van der Waals surface area contributed by atoms with Gasteiger partial charge < -0.3 is 10.0 Å². The third-order valence-electron chi connectivity index (χ3n) is 3.74. The Morgan fingerprint density at radius 3 is 2.43 bits per heavy atom. The Hall–Kier alpha value is -2.31. The van der Waals surface area contributed by atoms with E-state index in [0.717, 1.165) is 4.90 Å². The molecule has 4 nitrogen and oxygen atoms in total. The van der Waals surface area contributed by atoms with Gasteiger partial charge in [-0.3, -0.25) is 9.59 Å². The number of likely N-dealkylation sites (tertiary alicyclic amines) is 1. The van der Waals surface area contributed by atoms with Crippen LogP contribution < -0.4 is 0 Å². The van der Waals surface area contributed by atoms with Crippen molar-refractivity contribution in [1.29, 1.82) is 0 Å². The summed E-state index contributed by atoms with van der Waals surface area (Å²) < 4.78 is 39.6. The highest BCUT2D eigenvalue weighted by Gasteiger charge is 2.36. The molecule has 1 unspecified atom stereocenters. The first-order valence-corrected chi connectivity index (χ1v) is 7.15. The van der Waals surface area contributed by atoms with Gasteiger partial charge in [0.2, 0.25) is 5.91 Å². The van der Waals surface area contributed by atoms with Gasteiger partial charge in [-0.15, -0.1) is 0 Å². The highest BCUT2D eigenvalue weighted by atomic mass is 19.4. The van der Waals surface area contributed by atoms with Crippen LogP contribution in [0.1, 0.15) is 18.4 Å². The van der Waals surface area contributed by atoms with Gasteiger partial charge >= 0.3 is 12.1 Å². The molecule has 0 spiro atoms. The predicted octanol–water partition coefficient (Wildman–Crippen LogP) is 2.96. The number of alkyl halides is 3. The molecular weight excluding hydrogens is 311 g/mol. The van der Waals surface area contributed by atoms with Crippen LogP contribution in [-0.2, 0) is 9.59 Å². The maximum absolute atomic E-state index is 13.2. The summed E-state index contributed by atoms with van der Waals surface area (Å²) in [5.74, 6) is -2.58. The third kappa shape index (κ3) is 4.34. The summed E-state index contributed by atoms with van der Waals surface area (Å²) >= 11 is 0. The van der Waals surface area contributed by atoms with E-state index in [4.69, 9.17) is 5.11 Å². The van der Waals surface area contributed by atoms with E-state index in [1.807, 2.05) is 0 Å². The molecule has 1 fully saturated rings. The molecule has 124 valence electrons. The van der Waals surface area contributed by atoms with E-state index < -0.39 is 29.5 Å². The number of carbonyl (C=O) groups excluding carboxylic acids is 1. The lowest BCUT2D eigenvalue weighted by Gasteiger charge is -2.30. The normalized spacial score (nSPS) is 19.5. The fourth-order valence-corrected chi connectivity index (χ4v) is 2.54. The summed E-state index contributed by atoms with van der Waals surface area (Å²) in [4.78, 5) is 24.3. The second kappa shape index (κ2) is 6.85. The van der Waals surface area contributed by atoms with Crippen LogP contribution in [0.5, 0.6) is 0 Å². The number of aliphatic carboxylic acids is 1. The Balaban J connectivity index is 2.25. The zero-order valence-corrected chi connectivity index (χ0v) is 12.2.